The van der Waals surface area contributed by atoms with E-state index in [-0.39, 0.29) is 5.82 Å². The number of nitrogens with one attached hydrogen (secondary N) is 2. The van der Waals surface area contributed by atoms with Crippen molar-refractivity contribution < 1.29 is 14.8 Å². The summed E-state index contributed by atoms with van der Waals surface area (Å²) in [5.74, 6) is -1.65. The van der Waals surface area contributed by atoms with Crippen LogP contribution in [0, 0.1) is 10.1 Å². The third-order valence-corrected chi connectivity index (χ3v) is 1.42. The number of rotatable bonds is 6. The van der Waals surface area contributed by atoms with Crippen LogP contribution in [0.15, 0.2) is 11.5 Å². The number of carboxylic acids is 1. The summed E-state index contributed by atoms with van der Waals surface area (Å²) in [5.41, 5.74) is -0.874. The minimum Gasteiger partial charge on any atom is -0.473 e. The number of carbonyl (C=O) groups is 1. The normalized spacial score (nSPS) is 11.6. The van der Waals surface area contributed by atoms with E-state index in [1.165, 1.54) is 7.05 Å². The highest BCUT2D eigenvalue weighted by Crippen LogP contribution is 1.99. The molecule has 0 atom stereocenters. The van der Waals surface area contributed by atoms with Crippen molar-refractivity contribution in [1.82, 2.24) is 10.6 Å². The van der Waals surface area contributed by atoms with Crippen molar-refractivity contribution in [1.29, 1.82) is 0 Å². The molecule has 0 unspecified atom stereocenters. The van der Waals surface area contributed by atoms with Gasteiger partial charge >= 0.3 is 11.7 Å². The molecule has 0 aliphatic heterocycles. The first kappa shape index (κ1) is 12.2. The van der Waals surface area contributed by atoms with Crippen molar-refractivity contribution in [3.05, 3.63) is 21.6 Å². The minimum absolute atomic E-state index is 0.0793. The van der Waals surface area contributed by atoms with Gasteiger partial charge in [0.1, 0.15) is 0 Å². The summed E-state index contributed by atoms with van der Waals surface area (Å²) in [7, 11) is 1.42. The van der Waals surface area contributed by atoms with Crippen LogP contribution < -0.4 is 10.6 Å². The van der Waals surface area contributed by atoms with E-state index in [0.29, 0.717) is 6.54 Å². The maximum atomic E-state index is 10.5. The van der Waals surface area contributed by atoms with Crippen LogP contribution in [-0.4, -0.2) is 29.6 Å². The van der Waals surface area contributed by atoms with Crippen LogP contribution in [0.2, 0.25) is 0 Å². The Hall–Kier alpha value is -1.79. The van der Waals surface area contributed by atoms with E-state index in [2.05, 4.69) is 10.6 Å². The molecule has 3 N–H and O–H groups in total. The molecule has 0 aliphatic rings. The van der Waals surface area contributed by atoms with E-state index < -0.39 is 16.6 Å². The van der Waals surface area contributed by atoms with Gasteiger partial charge in [-0.05, 0) is 6.42 Å². The number of aliphatic carboxylic acids is 1. The molecule has 0 bridgehead atoms. The van der Waals surface area contributed by atoms with Gasteiger partial charge in [0.15, 0.2) is 5.82 Å². The van der Waals surface area contributed by atoms with Gasteiger partial charge in [0.25, 0.3) is 0 Å². The second kappa shape index (κ2) is 5.79. The molecule has 0 amide bonds. The molecule has 0 heterocycles. The van der Waals surface area contributed by atoms with Crippen molar-refractivity contribution in [2.45, 2.75) is 13.3 Å². The Kier molecular flexibility index (Phi) is 5.05. The van der Waals surface area contributed by atoms with E-state index in [1.54, 1.807) is 0 Å². The molecular weight excluding hydrogens is 190 g/mol. The summed E-state index contributed by atoms with van der Waals surface area (Å²) in [4.78, 5) is 20.0. The van der Waals surface area contributed by atoms with E-state index in [9.17, 15) is 14.9 Å². The van der Waals surface area contributed by atoms with Gasteiger partial charge in [-0.2, -0.15) is 0 Å². The zero-order valence-corrected chi connectivity index (χ0v) is 8.03. The van der Waals surface area contributed by atoms with Crippen molar-refractivity contribution in [2.75, 3.05) is 13.6 Å². The lowest BCUT2D eigenvalue weighted by Crippen LogP contribution is -2.30. The molecule has 0 aromatic heterocycles. The third-order valence-electron chi connectivity index (χ3n) is 1.42. The van der Waals surface area contributed by atoms with Crippen LogP contribution in [0.1, 0.15) is 13.3 Å². The molecule has 0 aliphatic carbocycles. The van der Waals surface area contributed by atoms with Crippen molar-refractivity contribution in [3.63, 3.8) is 0 Å². The fourth-order valence-electron chi connectivity index (χ4n) is 0.817. The van der Waals surface area contributed by atoms with Crippen LogP contribution in [0.25, 0.3) is 0 Å². The van der Waals surface area contributed by atoms with Crippen LogP contribution in [0.5, 0.6) is 0 Å². The number of carboxylic acid groups (broad SMARTS) is 1. The molecular formula is C7H13N3O4. The topological polar surface area (TPSA) is 104 Å². The Labute approximate surface area is 80.9 Å². The molecule has 0 saturated heterocycles. The van der Waals surface area contributed by atoms with Crippen molar-refractivity contribution >= 4 is 5.97 Å². The molecule has 0 saturated carbocycles. The van der Waals surface area contributed by atoms with Gasteiger partial charge in [-0.1, -0.05) is 6.92 Å². The average Bonchev–Trinajstić information content (AvgIpc) is 2.10. The lowest BCUT2D eigenvalue weighted by atomic mass is 10.4. The third kappa shape index (κ3) is 3.30. The standard InChI is InChI=1S/C7H13N3O4/c1-3-4-9-6(8-2)5(7(11)12)10(13)14/h8-9H,3-4H2,1-2H3,(H,11,12)/b6-5-. The molecule has 14 heavy (non-hydrogen) atoms. The molecule has 7 nitrogen and oxygen atoms in total. The van der Waals surface area contributed by atoms with E-state index in [1.807, 2.05) is 6.92 Å². The molecule has 0 fully saturated rings. The van der Waals surface area contributed by atoms with Gasteiger partial charge in [-0.15, -0.1) is 0 Å². The van der Waals surface area contributed by atoms with E-state index in [4.69, 9.17) is 5.11 Å². The van der Waals surface area contributed by atoms with Crippen molar-refractivity contribution in [3.8, 4) is 0 Å². The smallest absolute Gasteiger partial charge is 0.411 e. The van der Waals surface area contributed by atoms with Gasteiger partial charge in [-0.3, -0.25) is 10.1 Å². The lowest BCUT2D eigenvalue weighted by molar-refractivity contribution is -0.422. The zero-order chi connectivity index (χ0) is 11.1. The number of hydrogen-bond donors (Lipinski definition) is 3. The van der Waals surface area contributed by atoms with Gasteiger partial charge in [-0.25, -0.2) is 4.79 Å². The Morgan fingerprint density at radius 1 is 1.57 bits per heavy atom. The maximum absolute atomic E-state index is 10.5. The second-order valence-electron chi connectivity index (χ2n) is 2.46. The number of nitro groups is 1. The summed E-state index contributed by atoms with van der Waals surface area (Å²) in [6.07, 6.45) is 0.746. The van der Waals surface area contributed by atoms with Crippen LogP contribution >= 0.6 is 0 Å². The van der Waals surface area contributed by atoms with E-state index in [0.717, 1.165) is 6.42 Å². The number of nitrogens with zero attached hydrogens (tertiary/aromatic N) is 1. The lowest BCUT2D eigenvalue weighted by Gasteiger charge is -2.07. The first-order chi connectivity index (χ1) is 6.54. The number of hydrogen-bond acceptors (Lipinski definition) is 5. The average molecular weight is 203 g/mol. The Morgan fingerprint density at radius 3 is 2.43 bits per heavy atom. The van der Waals surface area contributed by atoms with Crippen LogP contribution in [0.3, 0.4) is 0 Å². The molecule has 7 heteroatoms. The largest absolute Gasteiger partial charge is 0.473 e. The molecule has 0 rings (SSSR count). The monoisotopic (exact) mass is 203 g/mol. The van der Waals surface area contributed by atoms with Gasteiger partial charge in [0.05, 0.1) is 4.92 Å². The fourth-order valence-corrected chi connectivity index (χ4v) is 0.817. The molecule has 0 aromatic carbocycles. The zero-order valence-electron chi connectivity index (χ0n) is 8.03. The van der Waals surface area contributed by atoms with E-state index >= 15 is 0 Å². The Bertz CT molecular complexity index is 246. The first-order valence-corrected chi connectivity index (χ1v) is 4.08. The second-order valence-corrected chi connectivity index (χ2v) is 2.46. The fraction of sp³-hybridized carbons (Fsp3) is 0.571. The highest BCUT2D eigenvalue weighted by Gasteiger charge is 2.26. The Morgan fingerprint density at radius 2 is 2.14 bits per heavy atom. The Balaban J connectivity index is 4.89. The summed E-state index contributed by atoms with van der Waals surface area (Å²) in [6, 6.07) is 0. The SMILES string of the molecule is CCCN/C(NC)=C(/C(=O)O)[N+](=O)[O-]. The molecule has 0 spiro atoms. The quantitative estimate of drug-likeness (QED) is 0.312. The van der Waals surface area contributed by atoms with Crippen LogP contribution in [-0.2, 0) is 4.79 Å². The minimum atomic E-state index is -1.57. The maximum Gasteiger partial charge on any atom is 0.411 e. The molecule has 0 radical (unpaired) electrons. The predicted molar refractivity (Wildman–Crippen MR) is 49.0 cm³/mol. The molecule has 0 aromatic rings. The summed E-state index contributed by atoms with van der Waals surface area (Å²) >= 11 is 0. The van der Waals surface area contributed by atoms with Crippen LogP contribution in [0.4, 0.5) is 0 Å². The van der Waals surface area contributed by atoms with Gasteiger partial charge in [0, 0.05) is 13.6 Å². The predicted octanol–water partition coefficient (Wildman–Crippen LogP) is -0.264. The summed E-state index contributed by atoms with van der Waals surface area (Å²) in [6.45, 7) is 2.34. The van der Waals surface area contributed by atoms with Crippen molar-refractivity contribution in [2.24, 2.45) is 0 Å². The highest BCUT2D eigenvalue weighted by molar-refractivity contribution is 5.84. The molecule has 80 valence electrons. The van der Waals surface area contributed by atoms with Gasteiger partial charge in [0.2, 0.25) is 0 Å². The summed E-state index contributed by atoms with van der Waals surface area (Å²) in [5, 5.41) is 24.0. The highest BCUT2D eigenvalue weighted by atomic mass is 16.6. The summed E-state index contributed by atoms with van der Waals surface area (Å²) < 4.78 is 0. The van der Waals surface area contributed by atoms with Gasteiger partial charge < -0.3 is 15.7 Å². The first-order valence-electron chi connectivity index (χ1n) is 4.08.